The number of hydrogen-bond donors (Lipinski definition) is 2. The second kappa shape index (κ2) is 6.35. The van der Waals surface area contributed by atoms with Gasteiger partial charge in [-0.25, -0.2) is 8.42 Å². The van der Waals surface area contributed by atoms with Crippen molar-refractivity contribution in [3.05, 3.63) is 28.2 Å². The molecule has 0 radical (unpaired) electrons. The number of nitrogens with one attached hydrogen (secondary N) is 1. The van der Waals surface area contributed by atoms with E-state index in [1.807, 2.05) is 6.07 Å². The van der Waals surface area contributed by atoms with E-state index in [1.54, 1.807) is 13.8 Å². The number of benzene rings is 1. The van der Waals surface area contributed by atoms with Crippen LogP contribution in [0.2, 0.25) is 0 Å². The van der Waals surface area contributed by atoms with Gasteiger partial charge in [-0.1, -0.05) is 29.8 Å². The summed E-state index contributed by atoms with van der Waals surface area (Å²) < 4.78 is 26.9. The largest absolute Gasteiger partial charge is 0.480 e. The van der Waals surface area contributed by atoms with Crippen LogP contribution in [0.1, 0.15) is 19.4 Å². The Bertz CT molecular complexity index is 665. The quantitative estimate of drug-likeness (QED) is 0.830. The maximum atomic E-state index is 12.2. The molecule has 1 rings (SSSR count). The minimum Gasteiger partial charge on any atom is -0.480 e. The molecule has 0 aliphatic carbocycles. The number of carbonyl (C=O) groups is 1. The van der Waals surface area contributed by atoms with E-state index >= 15 is 0 Å². The van der Waals surface area contributed by atoms with Crippen LogP contribution in [0.25, 0.3) is 0 Å². The minimum atomic E-state index is -4.02. The molecule has 0 fully saturated rings. The highest BCUT2D eigenvalue weighted by molar-refractivity contribution is 9.10. The molecule has 0 heterocycles. The number of hydrogen-bond acceptors (Lipinski definition) is 4. The molecule has 0 amide bonds. The number of aliphatic carboxylic acids is 1. The Hall–Kier alpha value is -1.43. The Morgan fingerprint density at radius 2 is 2.00 bits per heavy atom. The molecule has 108 valence electrons. The minimum absolute atomic E-state index is 0.157. The molecule has 0 saturated heterocycles. The van der Waals surface area contributed by atoms with Crippen molar-refractivity contribution in [1.82, 2.24) is 4.72 Å². The summed E-state index contributed by atoms with van der Waals surface area (Å²) in [5.74, 6) is -1.66. The molecular weight excluding hydrogens is 348 g/mol. The Morgan fingerprint density at radius 1 is 1.40 bits per heavy atom. The zero-order valence-electron chi connectivity index (χ0n) is 10.8. The van der Waals surface area contributed by atoms with Crippen LogP contribution in [0.4, 0.5) is 0 Å². The van der Waals surface area contributed by atoms with Crippen LogP contribution in [0.3, 0.4) is 0 Å². The number of rotatable bonds is 5. The molecule has 0 bridgehead atoms. The van der Waals surface area contributed by atoms with Gasteiger partial charge < -0.3 is 5.11 Å². The first-order chi connectivity index (χ1) is 9.17. The molecule has 6 nitrogen and oxygen atoms in total. The van der Waals surface area contributed by atoms with E-state index in [0.717, 1.165) is 0 Å². The van der Waals surface area contributed by atoms with Gasteiger partial charge >= 0.3 is 5.97 Å². The smallest absolute Gasteiger partial charge is 0.322 e. The van der Waals surface area contributed by atoms with Gasteiger partial charge in [0.15, 0.2) is 0 Å². The van der Waals surface area contributed by atoms with Gasteiger partial charge in [-0.15, -0.1) is 0 Å². The van der Waals surface area contributed by atoms with Gasteiger partial charge in [-0.2, -0.15) is 9.98 Å². The lowest BCUT2D eigenvalue weighted by atomic mass is 10.1. The van der Waals surface area contributed by atoms with Crippen molar-refractivity contribution >= 4 is 31.9 Å². The predicted octanol–water partition coefficient (Wildman–Crippen LogP) is 1.71. The first-order valence-electron chi connectivity index (χ1n) is 5.63. The Balaban J connectivity index is 3.21. The van der Waals surface area contributed by atoms with Crippen LogP contribution >= 0.6 is 15.9 Å². The van der Waals surface area contributed by atoms with Crippen molar-refractivity contribution in [2.45, 2.75) is 24.8 Å². The number of sulfonamides is 1. The third kappa shape index (κ3) is 4.03. The SMILES string of the molecule is CC(C)[C@@H](NS(=O)(=O)c1cc(Br)cc(C#N)c1)C(=O)O. The molecule has 8 heteroatoms. The van der Waals surface area contributed by atoms with E-state index < -0.39 is 28.0 Å². The van der Waals surface area contributed by atoms with Crippen LogP contribution in [0, 0.1) is 17.2 Å². The van der Waals surface area contributed by atoms with Gasteiger partial charge in [0.25, 0.3) is 0 Å². The number of carboxylic acids is 1. The average molecular weight is 361 g/mol. The first kappa shape index (κ1) is 16.6. The molecule has 0 saturated carbocycles. The lowest BCUT2D eigenvalue weighted by Gasteiger charge is -2.18. The van der Waals surface area contributed by atoms with Gasteiger partial charge in [0.2, 0.25) is 10.0 Å². The monoisotopic (exact) mass is 360 g/mol. The standard InChI is InChI=1S/C12H13BrN2O4S/c1-7(2)11(12(16)17)15-20(18,19)10-4-8(6-14)3-9(13)5-10/h3-5,7,11,15H,1-2H3,(H,16,17)/t11-/m1/s1. The normalized spacial score (nSPS) is 12.9. The molecule has 1 aromatic rings. The highest BCUT2D eigenvalue weighted by Crippen LogP contribution is 2.20. The fraction of sp³-hybridized carbons (Fsp3) is 0.333. The average Bonchev–Trinajstić information content (AvgIpc) is 2.34. The summed E-state index contributed by atoms with van der Waals surface area (Å²) in [6, 6.07) is 4.57. The Kier molecular flexibility index (Phi) is 5.28. The Labute approximate surface area is 125 Å². The number of nitriles is 1. The highest BCUT2D eigenvalue weighted by Gasteiger charge is 2.28. The molecule has 0 aromatic heterocycles. The molecule has 0 aliphatic rings. The molecule has 1 aromatic carbocycles. The van der Waals surface area contributed by atoms with Gasteiger partial charge in [0.05, 0.1) is 16.5 Å². The van der Waals surface area contributed by atoms with E-state index in [9.17, 15) is 13.2 Å². The third-order valence-electron chi connectivity index (χ3n) is 2.53. The molecule has 1 atom stereocenters. The van der Waals surface area contributed by atoms with Gasteiger partial charge in [0, 0.05) is 4.47 Å². The number of nitrogens with zero attached hydrogens (tertiary/aromatic N) is 1. The molecular formula is C12H13BrN2O4S. The lowest BCUT2D eigenvalue weighted by molar-refractivity contribution is -0.140. The van der Waals surface area contributed by atoms with Crippen molar-refractivity contribution < 1.29 is 18.3 Å². The highest BCUT2D eigenvalue weighted by atomic mass is 79.9. The van der Waals surface area contributed by atoms with Crippen molar-refractivity contribution in [2.24, 2.45) is 5.92 Å². The van der Waals surface area contributed by atoms with Gasteiger partial charge in [-0.05, 0) is 24.1 Å². The summed E-state index contributed by atoms with van der Waals surface area (Å²) in [4.78, 5) is 10.9. The fourth-order valence-electron chi connectivity index (χ4n) is 1.49. The van der Waals surface area contributed by atoms with Gasteiger partial charge in [-0.3, -0.25) is 4.79 Å². The molecule has 0 unspecified atom stereocenters. The van der Waals surface area contributed by atoms with Crippen molar-refractivity contribution in [1.29, 1.82) is 5.26 Å². The first-order valence-corrected chi connectivity index (χ1v) is 7.91. The summed E-state index contributed by atoms with van der Waals surface area (Å²) in [6.45, 7) is 3.20. The second-order valence-electron chi connectivity index (χ2n) is 4.47. The summed E-state index contributed by atoms with van der Waals surface area (Å²) >= 11 is 3.11. The van der Waals surface area contributed by atoms with Crippen LogP contribution in [-0.2, 0) is 14.8 Å². The van der Waals surface area contributed by atoms with E-state index in [0.29, 0.717) is 4.47 Å². The van der Waals surface area contributed by atoms with E-state index in [-0.39, 0.29) is 10.5 Å². The van der Waals surface area contributed by atoms with Crippen LogP contribution in [0.15, 0.2) is 27.6 Å². The molecule has 20 heavy (non-hydrogen) atoms. The van der Waals surface area contributed by atoms with Crippen molar-refractivity contribution in [3.63, 3.8) is 0 Å². The fourth-order valence-corrected chi connectivity index (χ4v) is 3.54. The summed E-state index contributed by atoms with van der Waals surface area (Å²) in [6.07, 6.45) is 0. The summed E-state index contributed by atoms with van der Waals surface area (Å²) in [5, 5.41) is 17.9. The van der Waals surface area contributed by atoms with E-state index in [2.05, 4.69) is 20.7 Å². The predicted molar refractivity (Wildman–Crippen MR) is 75.4 cm³/mol. The summed E-state index contributed by atoms with van der Waals surface area (Å²) in [7, 11) is -4.02. The topological polar surface area (TPSA) is 107 Å². The van der Waals surface area contributed by atoms with Crippen LogP contribution < -0.4 is 4.72 Å². The summed E-state index contributed by atoms with van der Waals surface area (Å²) in [5.41, 5.74) is 0.163. The third-order valence-corrected chi connectivity index (χ3v) is 4.40. The molecule has 0 spiro atoms. The van der Waals surface area contributed by atoms with Crippen molar-refractivity contribution in [3.8, 4) is 6.07 Å². The lowest BCUT2D eigenvalue weighted by Crippen LogP contribution is -2.44. The number of carboxylic acid groups (broad SMARTS) is 1. The second-order valence-corrected chi connectivity index (χ2v) is 7.10. The van der Waals surface area contributed by atoms with E-state index in [4.69, 9.17) is 10.4 Å². The Morgan fingerprint density at radius 3 is 2.45 bits per heavy atom. The maximum Gasteiger partial charge on any atom is 0.322 e. The number of halogens is 1. The zero-order chi connectivity index (χ0) is 15.5. The van der Waals surface area contributed by atoms with E-state index in [1.165, 1.54) is 18.2 Å². The van der Waals surface area contributed by atoms with Gasteiger partial charge in [0.1, 0.15) is 6.04 Å². The van der Waals surface area contributed by atoms with Crippen LogP contribution in [0.5, 0.6) is 0 Å². The molecule has 0 aliphatic heterocycles. The maximum absolute atomic E-state index is 12.2. The van der Waals surface area contributed by atoms with Crippen LogP contribution in [-0.4, -0.2) is 25.5 Å². The van der Waals surface area contributed by atoms with Crippen molar-refractivity contribution in [2.75, 3.05) is 0 Å². The molecule has 2 N–H and O–H groups in total. The zero-order valence-corrected chi connectivity index (χ0v) is 13.2.